The van der Waals surface area contributed by atoms with Gasteiger partial charge in [-0.05, 0) is 12.1 Å². The molecule has 1 aromatic heterocycles. The van der Waals surface area contributed by atoms with Crippen LogP contribution in [-0.2, 0) is 6.42 Å². The van der Waals surface area contributed by atoms with Crippen LogP contribution in [0.15, 0.2) is 28.8 Å². The number of rotatable bonds is 2. The molecule has 3 nitrogen and oxygen atoms in total. The Kier molecular flexibility index (Phi) is 1.98. The highest BCUT2D eigenvalue weighted by Gasteiger charge is 2.07. The zero-order valence-corrected chi connectivity index (χ0v) is 7.67. The molecule has 2 aromatic rings. The fraction of sp³-hybridized carbons (Fsp3) is 0.111. The number of para-hydroxylation sites is 1. The van der Waals surface area contributed by atoms with Gasteiger partial charge in [0.2, 0.25) is 0 Å². The molecule has 13 heavy (non-hydrogen) atoms. The Bertz CT molecular complexity index is 450. The van der Waals surface area contributed by atoms with E-state index in [0.29, 0.717) is 11.4 Å². The summed E-state index contributed by atoms with van der Waals surface area (Å²) in [5, 5.41) is 4.87. The van der Waals surface area contributed by atoms with Crippen LogP contribution in [0.1, 0.15) is 5.69 Å². The molecule has 2 rings (SSSR count). The lowest BCUT2D eigenvalue weighted by atomic mass is 10.2. The van der Waals surface area contributed by atoms with E-state index in [9.17, 15) is 0 Å². The first kappa shape index (κ1) is 8.19. The third-order valence-electron chi connectivity index (χ3n) is 1.79. The number of nitrogens with zero attached hydrogens (tertiary/aromatic N) is 1. The molecule has 66 valence electrons. The summed E-state index contributed by atoms with van der Waals surface area (Å²) in [6.07, 6.45) is 0.492. The molecule has 0 saturated carbocycles. The van der Waals surface area contributed by atoms with Crippen molar-refractivity contribution >= 4 is 28.2 Å². The van der Waals surface area contributed by atoms with Gasteiger partial charge in [-0.1, -0.05) is 29.5 Å². The number of fused-ring (bicyclic) bond motifs is 1. The summed E-state index contributed by atoms with van der Waals surface area (Å²) in [4.78, 5) is 0.430. The Balaban J connectivity index is 2.51. The molecule has 0 unspecified atom stereocenters. The Morgan fingerprint density at radius 1 is 1.46 bits per heavy atom. The zero-order chi connectivity index (χ0) is 9.26. The van der Waals surface area contributed by atoms with E-state index in [4.69, 9.17) is 22.5 Å². The SMILES string of the molecule is NC(=S)Cc1noc2ccccc12. The van der Waals surface area contributed by atoms with Crippen LogP contribution in [0.25, 0.3) is 11.0 Å². The second-order valence-corrected chi connectivity index (χ2v) is 3.29. The van der Waals surface area contributed by atoms with Gasteiger partial charge in [0.05, 0.1) is 10.7 Å². The van der Waals surface area contributed by atoms with Gasteiger partial charge in [-0.2, -0.15) is 0 Å². The Morgan fingerprint density at radius 2 is 2.23 bits per heavy atom. The second kappa shape index (κ2) is 3.14. The quantitative estimate of drug-likeness (QED) is 0.735. The molecule has 2 N–H and O–H groups in total. The van der Waals surface area contributed by atoms with Gasteiger partial charge in [0.15, 0.2) is 5.58 Å². The molecule has 0 fully saturated rings. The average Bonchev–Trinajstić information content (AvgIpc) is 2.48. The maximum atomic E-state index is 5.42. The number of hydrogen-bond donors (Lipinski definition) is 1. The van der Waals surface area contributed by atoms with E-state index in [1.165, 1.54) is 0 Å². The average molecular weight is 192 g/mol. The minimum Gasteiger partial charge on any atom is -0.393 e. The van der Waals surface area contributed by atoms with Crippen LogP contribution in [0, 0.1) is 0 Å². The first-order valence-corrected chi connectivity index (χ1v) is 4.30. The number of nitrogens with two attached hydrogens (primary N) is 1. The van der Waals surface area contributed by atoms with E-state index in [2.05, 4.69) is 5.16 Å². The summed E-state index contributed by atoms with van der Waals surface area (Å²) in [5.41, 5.74) is 7.00. The van der Waals surface area contributed by atoms with E-state index in [1.807, 2.05) is 24.3 Å². The van der Waals surface area contributed by atoms with Crippen LogP contribution < -0.4 is 5.73 Å². The van der Waals surface area contributed by atoms with Gasteiger partial charge in [-0.3, -0.25) is 0 Å². The van der Waals surface area contributed by atoms with Crippen molar-refractivity contribution in [3.8, 4) is 0 Å². The Hall–Kier alpha value is -1.42. The van der Waals surface area contributed by atoms with Crippen LogP contribution in [0.3, 0.4) is 0 Å². The Morgan fingerprint density at radius 3 is 3.00 bits per heavy atom. The largest absolute Gasteiger partial charge is 0.393 e. The van der Waals surface area contributed by atoms with Crippen LogP contribution in [0.5, 0.6) is 0 Å². The zero-order valence-electron chi connectivity index (χ0n) is 6.86. The molecule has 0 radical (unpaired) electrons. The molecule has 0 saturated heterocycles. The van der Waals surface area contributed by atoms with E-state index in [1.54, 1.807) is 0 Å². The lowest BCUT2D eigenvalue weighted by molar-refractivity contribution is 0.449. The highest BCUT2D eigenvalue weighted by atomic mass is 32.1. The summed E-state index contributed by atoms with van der Waals surface area (Å²) in [6.45, 7) is 0. The van der Waals surface area contributed by atoms with Crippen molar-refractivity contribution < 1.29 is 4.52 Å². The molecule has 0 aliphatic heterocycles. The summed E-state index contributed by atoms with van der Waals surface area (Å²) in [5.74, 6) is 0. The number of aromatic nitrogens is 1. The lowest BCUT2D eigenvalue weighted by Gasteiger charge is -1.91. The third-order valence-corrected chi connectivity index (χ3v) is 1.94. The van der Waals surface area contributed by atoms with Gasteiger partial charge in [0, 0.05) is 11.8 Å². The van der Waals surface area contributed by atoms with Crippen LogP contribution in [-0.4, -0.2) is 10.1 Å². The standard InChI is InChI=1S/C9H8N2OS/c10-9(13)5-7-6-3-1-2-4-8(6)12-11-7/h1-4H,5H2,(H2,10,13). The van der Waals surface area contributed by atoms with Gasteiger partial charge in [0.1, 0.15) is 0 Å². The van der Waals surface area contributed by atoms with Crippen LogP contribution >= 0.6 is 12.2 Å². The third kappa shape index (κ3) is 1.53. The predicted octanol–water partition coefficient (Wildman–Crippen LogP) is 1.66. The van der Waals surface area contributed by atoms with Crippen molar-refractivity contribution in [2.45, 2.75) is 6.42 Å². The molecule has 0 aliphatic rings. The van der Waals surface area contributed by atoms with E-state index in [-0.39, 0.29) is 0 Å². The number of thiocarbonyl (C=S) groups is 1. The maximum Gasteiger partial charge on any atom is 0.167 e. The first-order valence-electron chi connectivity index (χ1n) is 3.89. The maximum absolute atomic E-state index is 5.42. The summed E-state index contributed by atoms with van der Waals surface area (Å²) in [6, 6.07) is 7.64. The van der Waals surface area contributed by atoms with Gasteiger partial charge in [-0.25, -0.2) is 0 Å². The molecular formula is C9H8N2OS. The molecule has 0 aliphatic carbocycles. The van der Waals surface area contributed by atoms with Crippen molar-refractivity contribution in [2.75, 3.05) is 0 Å². The summed E-state index contributed by atoms with van der Waals surface area (Å²) < 4.78 is 5.08. The molecular weight excluding hydrogens is 184 g/mol. The molecule has 4 heteroatoms. The van der Waals surface area contributed by atoms with Crippen molar-refractivity contribution in [1.29, 1.82) is 0 Å². The number of benzene rings is 1. The van der Waals surface area contributed by atoms with Crippen molar-refractivity contribution in [2.24, 2.45) is 5.73 Å². The van der Waals surface area contributed by atoms with E-state index < -0.39 is 0 Å². The van der Waals surface area contributed by atoms with Gasteiger partial charge in [-0.15, -0.1) is 0 Å². The van der Waals surface area contributed by atoms with Gasteiger partial charge < -0.3 is 10.3 Å². The van der Waals surface area contributed by atoms with Gasteiger partial charge in [0.25, 0.3) is 0 Å². The second-order valence-electron chi connectivity index (χ2n) is 2.77. The normalized spacial score (nSPS) is 10.5. The van der Waals surface area contributed by atoms with Crippen LogP contribution in [0.2, 0.25) is 0 Å². The molecule has 0 spiro atoms. The summed E-state index contributed by atoms with van der Waals surface area (Å²) >= 11 is 4.80. The number of hydrogen-bond acceptors (Lipinski definition) is 3. The Labute approximate surface area is 80.5 Å². The molecule has 0 amide bonds. The predicted molar refractivity (Wildman–Crippen MR) is 54.5 cm³/mol. The minimum atomic E-state index is 0.430. The molecule has 0 atom stereocenters. The monoisotopic (exact) mass is 192 g/mol. The fourth-order valence-corrected chi connectivity index (χ4v) is 1.37. The minimum absolute atomic E-state index is 0.430. The molecule has 1 heterocycles. The van der Waals surface area contributed by atoms with Crippen molar-refractivity contribution in [1.82, 2.24) is 5.16 Å². The van der Waals surface area contributed by atoms with E-state index in [0.717, 1.165) is 16.7 Å². The topological polar surface area (TPSA) is 52.0 Å². The van der Waals surface area contributed by atoms with Crippen LogP contribution in [0.4, 0.5) is 0 Å². The highest BCUT2D eigenvalue weighted by molar-refractivity contribution is 7.80. The van der Waals surface area contributed by atoms with Gasteiger partial charge >= 0.3 is 0 Å². The van der Waals surface area contributed by atoms with Crippen molar-refractivity contribution in [3.63, 3.8) is 0 Å². The molecule has 1 aromatic carbocycles. The first-order chi connectivity index (χ1) is 6.27. The fourth-order valence-electron chi connectivity index (χ4n) is 1.23. The smallest absolute Gasteiger partial charge is 0.167 e. The highest BCUT2D eigenvalue weighted by Crippen LogP contribution is 2.17. The molecule has 0 bridgehead atoms. The lowest BCUT2D eigenvalue weighted by Crippen LogP contribution is -2.11. The van der Waals surface area contributed by atoms with E-state index >= 15 is 0 Å². The summed E-state index contributed by atoms with van der Waals surface area (Å²) in [7, 11) is 0. The van der Waals surface area contributed by atoms with Crippen molar-refractivity contribution in [3.05, 3.63) is 30.0 Å².